The van der Waals surface area contributed by atoms with E-state index in [-0.39, 0.29) is 10.6 Å². The summed E-state index contributed by atoms with van der Waals surface area (Å²) in [6.07, 6.45) is 0. The molecule has 1 aromatic rings. The molecule has 14 heavy (non-hydrogen) atoms. The Bertz CT molecular complexity index is 416. The molecule has 1 aromatic carbocycles. The zero-order valence-electron chi connectivity index (χ0n) is 6.78. The van der Waals surface area contributed by atoms with Gasteiger partial charge in [0.1, 0.15) is 11.9 Å². The minimum Gasteiger partial charge on any atom is -0.263 e. The number of hydrogen-bond donors (Lipinski definition) is 0. The molecule has 0 saturated carbocycles. The lowest BCUT2D eigenvalue weighted by molar-refractivity contribution is -0.512. The Balaban J connectivity index is 3.14. The molecule has 1 atom stereocenters. The number of rotatable bonds is 2. The van der Waals surface area contributed by atoms with E-state index in [1.807, 2.05) is 0 Å². The van der Waals surface area contributed by atoms with Crippen LogP contribution in [0.5, 0.6) is 0 Å². The molecule has 0 aliphatic carbocycles. The van der Waals surface area contributed by atoms with E-state index in [4.69, 9.17) is 16.9 Å². The fraction of sp³-hybridized carbons (Fsp3) is 0.125. The van der Waals surface area contributed by atoms with Crippen molar-refractivity contribution in [2.24, 2.45) is 0 Å². The van der Waals surface area contributed by atoms with Crippen LogP contribution in [0.25, 0.3) is 0 Å². The SMILES string of the molecule is N#CC(c1ccc(F)c(Cl)c1)[N+](=O)[O-]. The first-order chi connectivity index (χ1) is 6.56. The molecule has 0 aliphatic heterocycles. The minimum atomic E-state index is -1.51. The standard InChI is InChI=1S/C8H4ClFN2O2/c9-6-3-5(1-2-7(6)10)8(4-11)12(13)14/h1-3,8H. The molecule has 0 spiro atoms. The van der Waals surface area contributed by atoms with Gasteiger partial charge in [-0.2, -0.15) is 5.26 Å². The van der Waals surface area contributed by atoms with Gasteiger partial charge in [-0.05, 0) is 18.2 Å². The number of benzene rings is 1. The zero-order valence-corrected chi connectivity index (χ0v) is 7.53. The minimum absolute atomic E-state index is 0.0731. The molecule has 0 aliphatic rings. The lowest BCUT2D eigenvalue weighted by atomic mass is 10.1. The van der Waals surface area contributed by atoms with Crippen LogP contribution >= 0.6 is 11.6 Å². The number of hydrogen-bond acceptors (Lipinski definition) is 3. The van der Waals surface area contributed by atoms with Crippen LogP contribution in [0.3, 0.4) is 0 Å². The summed E-state index contributed by atoms with van der Waals surface area (Å²) in [5.74, 6) is -0.671. The van der Waals surface area contributed by atoms with Crippen molar-refractivity contribution in [1.29, 1.82) is 5.26 Å². The van der Waals surface area contributed by atoms with Gasteiger partial charge in [-0.15, -0.1) is 0 Å². The summed E-state index contributed by atoms with van der Waals surface area (Å²) < 4.78 is 12.7. The lowest BCUT2D eigenvalue weighted by Crippen LogP contribution is -2.07. The van der Waals surface area contributed by atoms with Crippen LogP contribution in [0.2, 0.25) is 5.02 Å². The Labute approximate surface area is 83.7 Å². The molecule has 0 amide bonds. The first-order valence-electron chi connectivity index (χ1n) is 3.54. The molecule has 0 bridgehead atoms. The van der Waals surface area contributed by atoms with Crippen LogP contribution in [0.4, 0.5) is 4.39 Å². The number of nitrogens with zero attached hydrogens (tertiary/aromatic N) is 2. The van der Waals surface area contributed by atoms with Crippen LogP contribution in [-0.2, 0) is 0 Å². The first-order valence-corrected chi connectivity index (χ1v) is 3.92. The Morgan fingerprint density at radius 1 is 1.64 bits per heavy atom. The lowest BCUT2D eigenvalue weighted by Gasteiger charge is -2.01. The van der Waals surface area contributed by atoms with E-state index < -0.39 is 16.8 Å². The van der Waals surface area contributed by atoms with Crippen LogP contribution in [0.1, 0.15) is 11.6 Å². The largest absolute Gasteiger partial charge is 0.321 e. The van der Waals surface area contributed by atoms with E-state index in [2.05, 4.69) is 0 Å². The maximum Gasteiger partial charge on any atom is 0.321 e. The van der Waals surface area contributed by atoms with Crippen molar-refractivity contribution >= 4 is 11.6 Å². The van der Waals surface area contributed by atoms with Gasteiger partial charge in [0.15, 0.2) is 0 Å². The third kappa shape index (κ3) is 1.98. The van der Waals surface area contributed by atoms with Gasteiger partial charge in [0.25, 0.3) is 0 Å². The van der Waals surface area contributed by atoms with Gasteiger partial charge in [-0.1, -0.05) is 11.6 Å². The molecule has 1 unspecified atom stereocenters. The summed E-state index contributed by atoms with van der Waals surface area (Å²) in [5, 5.41) is 18.6. The van der Waals surface area contributed by atoms with Gasteiger partial charge >= 0.3 is 6.04 Å². The van der Waals surface area contributed by atoms with E-state index in [9.17, 15) is 14.5 Å². The van der Waals surface area contributed by atoms with Crippen molar-refractivity contribution < 1.29 is 9.31 Å². The van der Waals surface area contributed by atoms with Gasteiger partial charge in [0.2, 0.25) is 0 Å². The second-order valence-corrected chi connectivity index (χ2v) is 2.90. The molecule has 0 fully saturated rings. The van der Waals surface area contributed by atoms with Crippen molar-refractivity contribution in [2.45, 2.75) is 6.04 Å². The fourth-order valence-corrected chi connectivity index (χ4v) is 1.11. The summed E-state index contributed by atoms with van der Waals surface area (Å²) in [6, 6.07) is 3.21. The van der Waals surface area contributed by atoms with Gasteiger partial charge in [-0.25, -0.2) is 4.39 Å². The quantitative estimate of drug-likeness (QED) is 0.560. The molecule has 0 aromatic heterocycles. The predicted octanol–water partition coefficient (Wildman–Crippen LogP) is 2.32. The molecule has 4 nitrogen and oxygen atoms in total. The summed E-state index contributed by atoms with van der Waals surface area (Å²) in [4.78, 5) is 9.61. The van der Waals surface area contributed by atoms with Crippen LogP contribution in [0.15, 0.2) is 18.2 Å². The van der Waals surface area contributed by atoms with Crippen molar-refractivity contribution in [1.82, 2.24) is 0 Å². The third-order valence-electron chi connectivity index (χ3n) is 1.59. The number of nitriles is 1. The third-order valence-corrected chi connectivity index (χ3v) is 1.88. The second-order valence-electron chi connectivity index (χ2n) is 2.49. The van der Waals surface area contributed by atoms with E-state index in [0.29, 0.717) is 0 Å². The molecule has 0 heterocycles. The maximum atomic E-state index is 12.7. The molecule has 72 valence electrons. The van der Waals surface area contributed by atoms with Crippen LogP contribution in [-0.4, -0.2) is 4.92 Å². The average Bonchev–Trinajstić information content (AvgIpc) is 2.11. The number of halogens is 2. The van der Waals surface area contributed by atoms with Crippen LogP contribution < -0.4 is 0 Å². The average molecular weight is 215 g/mol. The smallest absolute Gasteiger partial charge is 0.263 e. The first kappa shape index (κ1) is 10.4. The summed E-state index contributed by atoms with van der Waals surface area (Å²) in [7, 11) is 0. The Morgan fingerprint density at radius 3 is 2.71 bits per heavy atom. The van der Waals surface area contributed by atoms with E-state index in [1.165, 1.54) is 6.07 Å². The summed E-state index contributed by atoms with van der Waals surface area (Å²) in [6.45, 7) is 0. The van der Waals surface area contributed by atoms with Crippen molar-refractivity contribution in [3.05, 3.63) is 44.7 Å². The molecule has 1 rings (SSSR count). The molecule has 0 N–H and O–H groups in total. The monoisotopic (exact) mass is 214 g/mol. The normalized spacial score (nSPS) is 11.8. The van der Waals surface area contributed by atoms with E-state index >= 15 is 0 Å². The van der Waals surface area contributed by atoms with Gasteiger partial charge in [0, 0.05) is 10.5 Å². The molecular formula is C8H4ClFN2O2. The van der Waals surface area contributed by atoms with Gasteiger partial charge in [-0.3, -0.25) is 10.1 Å². The van der Waals surface area contributed by atoms with E-state index in [0.717, 1.165) is 18.2 Å². The highest BCUT2D eigenvalue weighted by molar-refractivity contribution is 6.30. The van der Waals surface area contributed by atoms with Crippen molar-refractivity contribution in [3.63, 3.8) is 0 Å². The van der Waals surface area contributed by atoms with Crippen LogP contribution in [0, 0.1) is 27.3 Å². The topological polar surface area (TPSA) is 66.9 Å². The van der Waals surface area contributed by atoms with Gasteiger partial charge < -0.3 is 0 Å². The molecular weight excluding hydrogens is 211 g/mol. The fourth-order valence-electron chi connectivity index (χ4n) is 0.926. The summed E-state index contributed by atoms with van der Waals surface area (Å²) in [5.41, 5.74) is 0.0731. The zero-order chi connectivity index (χ0) is 10.7. The highest BCUT2D eigenvalue weighted by Crippen LogP contribution is 2.22. The molecule has 0 radical (unpaired) electrons. The predicted molar refractivity (Wildman–Crippen MR) is 46.8 cm³/mol. The summed E-state index contributed by atoms with van der Waals surface area (Å²) >= 11 is 5.41. The van der Waals surface area contributed by atoms with Crippen molar-refractivity contribution in [2.75, 3.05) is 0 Å². The Morgan fingerprint density at radius 2 is 2.29 bits per heavy atom. The number of nitro groups is 1. The highest BCUT2D eigenvalue weighted by atomic mass is 35.5. The van der Waals surface area contributed by atoms with Gasteiger partial charge in [0.05, 0.1) is 5.02 Å². The van der Waals surface area contributed by atoms with Crippen molar-refractivity contribution in [3.8, 4) is 6.07 Å². The molecule has 6 heteroatoms. The second kappa shape index (κ2) is 4.03. The Kier molecular flexibility index (Phi) is 2.99. The Hall–Kier alpha value is -1.67. The maximum absolute atomic E-state index is 12.7. The van der Waals surface area contributed by atoms with E-state index in [1.54, 1.807) is 0 Å². The highest BCUT2D eigenvalue weighted by Gasteiger charge is 2.22. The molecule has 0 saturated heterocycles.